The van der Waals surface area contributed by atoms with Gasteiger partial charge >= 0.3 is 0 Å². The Bertz CT molecular complexity index is 948. The third kappa shape index (κ3) is 5.07. The van der Waals surface area contributed by atoms with Gasteiger partial charge in [-0.05, 0) is 54.5 Å². The standard InChI is InChI=1S/C20H21N7S2/c28-20(29-27-13-11-21-12-14-27)26-25-16-7-10-24-19(17-6-2-4-9-23-17)18(16)15-5-1-3-8-22-15/h1-10,21H,11-14H2,(H,24,25)(H,26,28). The molecule has 3 N–H and O–H groups in total. The smallest absolute Gasteiger partial charge is 0.167 e. The van der Waals surface area contributed by atoms with E-state index in [2.05, 4.69) is 35.4 Å². The highest BCUT2D eigenvalue weighted by atomic mass is 32.2. The van der Waals surface area contributed by atoms with E-state index in [1.807, 2.05) is 42.5 Å². The van der Waals surface area contributed by atoms with Crippen molar-refractivity contribution in [1.82, 2.24) is 30.0 Å². The van der Waals surface area contributed by atoms with Crippen LogP contribution in [0.25, 0.3) is 22.6 Å². The van der Waals surface area contributed by atoms with Gasteiger partial charge in [0.15, 0.2) is 4.32 Å². The highest BCUT2D eigenvalue weighted by Crippen LogP contribution is 2.34. The number of hydrogen-bond donors (Lipinski definition) is 3. The first-order valence-corrected chi connectivity index (χ1v) is 10.5. The van der Waals surface area contributed by atoms with Gasteiger partial charge in [-0.3, -0.25) is 25.8 Å². The van der Waals surface area contributed by atoms with Crippen LogP contribution in [-0.4, -0.2) is 49.8 Å². The third-order valence-electron chi connectivity index (χ3n) is 4.37. The molecule has 0 saturated carbocycles. The molecule has 0 aromatic carbocycles. The van der Waals surface area contributed by atoms with Crippen LogP contribution in [0.3, 0.4) is 0 Å². The monoisotopic (exact) mass is 423 g/mol. The molecule has 0 radical (unpaired) electrons. The maximum atomic E-state index is 5.50. The molecule has 0 atom stereocenters. The fraction of sp³-hybridized carbons (Fsp3) is 0.200. The summed E-state index contributed by atoms with van der Waals surface area (Å²) >= 11 is 7.05. The van der Waals surface area contributed by atoms with E-state index in [-0.39, 0.29) is 0 Å². The Labute approximate surface area is 179 Å². The molecule has 7 nitrogen and oxygen atoms in total. The fourth-order valence-corrected chi connectivity index (χ4v) is 4.09. The largest absolute Gasteiger partial charge is 0.314 e. The van der Waals surface area contributed by atoms with Crippen molar-refractivity contribution in [3.63, 3.8) is 0 Å². The average molecular weight is 424 g/mol. The summed E-state index contributed by atoms with van der Waals surface area (Å²) in [6, 6.07) is 13.5. The lowest BCUT2D eigenvalue weighted by atomic mass is 10.0. The number of nitrogens with one attached hydrogen (secondary N) is 3. The van der Waals surface area contributed by atoms with Gasteiger partial charge in [0.1, 0.15) is 5.69 Å². The summed E-state index contributed by atoms with van der Waals surface area (Å²) in [5.41, 5.74) is 10.5. The van der Waals surface area contributed by atoms with Crippen LogP contribution in [0.5, 0.6) is 0 Å². The van der Waals surface area contributed by atoms with Crippen molar-refractivity contribution in [1.29, 1.82) is 0 Å². The fourth-order valence-electron chi connectivity index (χ4n) is 3.03. The molecule has 3 aromatic heterocycles. The van der Waals surface area contributed by atoms with Gasteiger partial charge in [-0.2, -0.15) is 0 Å². The number of thiocarbonyl (C=S) groups is 1. The Morgan fingerprint density at radius 1 is 0.931 bits per heavy atom. The van der Waals surface area contributed by atoms with E-state index in [1.165, 1.54) is 0 Å². The third-order valence-corrected chi connectivity index (χ3v) is 5.58. The van der Waals surface area contributed by atoms with Gasteiger partial charge in [0, 0.05) is 44.8 Å². The van der Waals surface area contributed by atoms with Gasteiger partial charge in [-0.25, -0.2) is 4.31 Å². The van der Waals surface area contributed by atoms with Crippen molar-refractivity contribution in [2.75, 3.05) is 31.6 Å². The SMILES string of the molecule is S=C(NNc1ccnc(-c2ccccn2)c1-c1ccccn1)SN1CCNCC1. The zero-order valence-corrected chi connectivity index (χ0v) is 17.3. The summed E-state index contributed by atoms with van der Waals surface area (Å²) in [5, 5.41) is 3.34. The lowest BCUT2D eigenvalue weighted by Gasteiger charge is -2.26. The van der Waals surface area contributed by atoms with Crippen molar-refractivity contribution in [2.24, 2.45) is 0 Å². The van der Waals surface area contributed by atoms with Crippen LogP contribution in [0.1, 0.15) is 0 Å². The van der Waals surface area contributed by atoms with Crippen molar-refractivity contribution in [3.05, 3.63) is 61.1 Å². The highest BCUT2D eigenvalue weighted by molar-refractivity contribution is 8.21. The van der Waals surface area contributed by atoms with Crippen molar-refractivity contribution < 1.29 is 0 Å². The molecule has 0 spiro atoms. The van der Waals surface area contributed by atoms with Gasteiger partial charge < -0.3 is 5.32 Å². The molecule has 1 aliphatic rings. The number of anilines is 1. The Morgan fingerprint density at radius 3 is 2.34 bits per heavy atom. The molecule has 0 unspecified atom stereocenters. The molecule has 29 heavy (non-hydrogen) atoms. The molecule has 0 amide bonds. The minimum atomic E-state index is 0.662. The Morgan fingerprint density at radius 2 is 1.66 bits per heavy atom. The molecule has 148 valence electrons. The normalized spacial score (nSPS) is 14.3. The van der Waals surface area contributed by atoms with Crippen LogP contribution in [-0.2, 0) is 0 Å². The first kappa shape index (κ1) is 19.7. The first-order valence-electron chi connectivity index (χ1n) is 9.33. The predicted molar refractivity (Wildman–Crippen MR) is 122 cm³/mol. The molecule has 0 bridgehead atoms. The van der Waals surface area contributed by atoms with Crippen LogP contribution in [0, 0.1) is 0 Å². The zero-order chi connectivity index (χ0) is 19.9. The van der Waals surface area contributed by atoms with E-state index in [0.29, 0.717) is 4.32 Å². The molecule has 4 heterocycles. The quantitative estimate of drug-likeness (QED) is 0.326. The van der Waals surface area contributed by atoms with Gasteiger partial charge in [-0.15, -0.1) is 0 Å². The van der Waals surface area contributed by atoms with Gasteiger partial charge in [-0.1, -0.05) is 12.1 Å². The first-order chi connectivity index (χ1) is 14.3. The second kappa shape index (κ2) is 9.75. The molecule has 1 aliphatic heterocycles. The van der Waals surface area contributed by atoms with Gasteiger partial charge in [0.25, 0.3) is 0 Å². The molecule has 4 rings (SSSR count). The molecule has 1 fully saturated rings. The molecular weight excluding hydrogens is 402 g/mol. The number of pyridine rings is 3. The van der Waals surface area contributed by atoms with E-state index < -0.39 is 0 Å². The van der Waals surface area contributed by atoms with Crippen molar-refractivity contribution in [2.45, 2.75) is 0 Å². The lowest BCUT2D eigenvalue weighted by Crippen LogP contribution is -2.41. The average Bonchev–Trinajstić information content (AvgIpc) is 2.79. The number of hydrazine groups is 1. The molecule has 1 saturated heterocycles. The molecule has 3 aromatic rings. The summed E-state index contributed by atoms with van der Waals surface area (Å²) in [6.45, 7) is 3.88. The topological polar surface area (TPSA) is 78.0 Å². The predicted octanol–water partition coefficient (Wildman–Crippen LogP) is 2.96. The van der Waals surface area contributed by atoms with Crippen molar-refractivity contribution >= 4 is 34.2 Å². The molecular formula is C20H21N7S2. The maximum absolute atomic E-state index is 5.50. The summed E-state index contributed by atoms with van der Waals surface area (Å²) in [6.07, 6.45) is 5.29. The lowest BCUT2D eigenvalue weighted by molar-refractivity contribution is 0.399. The van der Waals surface area contributed by atoms with Crippen LogP contribution in [0.4, 0.5) is 5.69 Å². The zero-order valence-electron chi connectivity index (χ0n) is 15.7. The minimum absolute atomic E-state index is 0.662. The number of rotatable bonds is 5. The van der Waals surface area contributed by atoms with E-state index in [0.717, 1.165) is 54.5 Å². The number of hydrogen-bond acceptors (Lipinski definition) is 8. The maximum Gasteiger partial charge on any atom is 0.167 e. The summed E-state index contributed by atoms with van der Waals surface area (Å²) in [7, 11) is 0. The van der Waals surface area contributed by atoms with Crippen LogP contribution < -0.4 is 16.2 Å². The van der Waals surface area contributed by atoms with Gasteiger partial charge in [0.2, 0.25) is 0 Å². The summed E-state index contributed by atoms with van der Waals surface area (Å²) in [4.78, 5) is 13.6. The Balaban J connectivity index is 1.58. The van der Waals surface area contributed by atoms with Crippen LogP contribution >= 0.6 is 24.2 Å². The number of aromatic nitrogens is 3. The van der Waals surface area contributed by atoms with E-state index in [4.69, 9.17) is 12.2 Å². The second-order valence-corrected chi connectivity index (χ2v) is 8.09. The van der Waals surface area contributed by atoms with Crippen LogP contribution in [0.15, 0.2) is 61.1 Å². The Hall–Kier alpha value is -2.59. The van der Waals surface area contributed by atoms with E-state index in [9.17, 15) is 0 Å². The van der Waals surface area contributed by atoms with E-state index in [1.54, 1.807) is 30.5 Å². The second-order valence-electron chi connectivity index (χ2n) is 6.32. The Kier molecular flexibility index (Phi) is 6.63. The number of nitrogens with zero attached hydrogens (tertiary/aromatic N) is 4. The summed E-state index contributed by atoms with van der Waals surface area (Å²) < 4.78 is 2.91. The molecule has 0 aliphatic carbocycles. The van der Waals surface area contributed by atoms with E-state index >= 15 is 0 Å². The van der Waals surface area contributed by atoms with Crippen LogP contribution in [0.2, 0.25) is 0 Å². The molecule has 9 heteroatoms. The number of piperazine rings is 1. The van der Waals surface area contributed by atoms with Crippen molar-refractivity contribution in [3.8, 4) is 22.6 Å². The van der Waals surface area contributed by atoms with Gasteiger partial charge in [0.05, 0.1) is 22.6 Å². The highest BCUT2D eigenvalue weighted by Gasteiger charge is 2.17. The summed E-state index contributed by atoms with van der Waals surface area (Å²) in [5.74, 6) is 0. The minimum Gasteiger partial charge on any atom is -0.314 e.